The first kappa shape index (κ1) is 13.1. The maximum Gasteiger partial charge on any atom is 0.250 e. The Hall–Kier alpha value is -1.91. The summed E-state index contributed by atoms with van der Waals surface area (Å²) in [4.78, 5) is 26.3. The zero-order valence-corrected chi connectivity index (χ0v) is 11.3. The van der Waals surface area contributed by atoms with E-state index in [0.717, 1.165) is 12.8 Å². The van der Waals surface area contributed by atoms with E-state index < -0.39 is 17.9 Å². The molecule has 0 aromatic heterocycles. The highest BCUT2D eigenvalue weighted by atomic mass is 19.1. The van der Waals surface area contributed by atoms with Crippen molar-refractivity contribution in [1.82, 2.24) is 5.32 Å². The van der Waals surface area contributed by atoms with E-state index in [1.807, 2.05) is 6.92 Å². The number of nitrogens with zero attached hydrogens (tertiary/aromatic N) is 1. The second-order valence-corrected chi connectivity index (χ2v) is 5.44. The van der Waals surface area contributed by atoms with E-state index in [9.17, 15) is 14.0 Å². The average Bonchev–Trinajstić information content (AvgIpc) is 3.24. The molecule has 1 aromatic rings. The topological polar surface area (TPSA) is 49.4 Å². The molecule has 1 aliphatic heterocycles. The Kier molecular flexibility index (Phi) is 3.20. The quantitative estimate of drug-likeness (QED) is 0.916. The van der Waals surface area contributed by atoms with Crippen LogP contribution in [-0.4, -0.2) is 23.9 Å². The van der Waals surface area contributed by atoms with Gasteiger partial charge in [0.15, 0.2) is 0 Å². The van der Waals surface area contributed by atoms with E-state index in [2.05, 4.69) is 5.32 Å². The second-order valence-electron chi connectivity index (χ2n) is 5.44. The van der Waals surface area contributed by atoms with Crippen molar-refractivity contribution in [1.29, 1.82) is 0 Å². The molecule has 1 aliphatic carbocycles. The van der Waals surface area contributed by atoms with E-state index in [4.69, 9.17) is 0 Å². The molecule has 2 aliphatic rings. The fourth-order valence-electron chi connectivity index (χ4n) is 2.78. The lowest BCUT2D eigenvalue weighted by molar-refractivity contribution is -0.134. The Morgan fingerprint density at radius 1 is 1.35 bits per heavy atom. The summed E-state index contributed by atoms with van der Waals surface area (Å²) in [6.45, 7) is 1.85. The molecule has 106 valence electrons. The van der Waals surface area contributed by atoms with Crippen LogP contribution in [0.5, 0.6) is 0 Å². The Balaban J connectivity index is 1.98. The van der Waals surface area contributed by atoms with E-state index >= 15 is 0 Å². The molecule has 3 rings (SSSR count). The summed E-state index contributed by atoms with van der Waals surface area (Å²) in [5, 5.41) is 2.82. The third-order valence-corrected chi connectivity index (χ3v) is 3.98. The van der Waals surface area contributed by atoms with Gasteiger partial charge in [-0.1, -0.05) is 13.0 Å². The molecule has 1 aromatic carbocycles. The van der Waals surface area contributed by atoms with E-state index in [1.165, 1.54) is 17.0 Å². The normalized spacial score (nSPS) is 26.6. The number of rotatable bonds is 3. The van der Waals surface area contributed by atoms with Crippen LogP contribution in [0.2, 0.25) is 0 Å². The van der Waals surface area contributed by atoms with Crippen molar-refractivity contribution in [2.24, 2.45) is 5.92 Å². The van der Waals surface area contributed by atoms with E-state index in [1.54, 1.807) is 12.1 Å². The van der Waals surface area contributed by atoms with Crippen LogP contribution >= 0.6 is 0 Å². The number of carbonyl (C=O) groups is 2. The lowest BCUT2D eigenvalue weighted by Crippen LogP contribution is -2.64. The van der Waals surface area contributed by atoms with E-state index in [0.29, 0.717) is 12.1 Å². The zero-order chi connectivity index (χ0) is 14.3. The van der Waals surface area contributed by atoms with Crippen molar-refractivity contribution in [3.05, 3.63) is 30.1 Å². The molecule has 1 heterocycles. The van der Waals surface area contributed by atoms with Crippen molar-refractivity contribution in [2.45, 2.75) is 38.3 Å². The van der Waals surface area contributed by atoms with Crippen LogP contribution in [0.3, 0.4) is 0 Å². The van der Waals surface area contributed by atoms with Crippen LogP contribution in [0.1, 0.15) is 26.2 Å². The smallest absolute Gasteiger partial charge is 0.250 e. The van der Waals surface area contributed by atoms with E-state index in [-0.39, 0.29) is 17.7 Å². The van der Waals surface area contributed by atoms with Gasteiger partial charge in [0.1, 0.15) is 17.9 Å². The molecular weight excluding hydrogens is 259 g/mol. The van der Waals surface area contributed by atoms with Crippen molar-refractivity contribution in [3.63, 3.8) is 0 Å². The minimum absolute atomic E-state index is 0.121. The van der Waals surface area contributed by atoms with Crippen LogP contribution in [0.25, 0.3) is 0 Å². The van der Waals surface area contributed by atoms with Crippen LogP contribution in [0.15, 0.2) is 24.3 Å². The van der Waals surface area contributed by atoms with Crippen molar-refractivity contribution < 1.29 is 14.0 Å². The fraction of sp³-hybridized carbons (Fsp3) is 0.467. The number of carbonyl (C=O) groups excluding carboxylic acids is 2. The third kappa shape index (κ3) is 2.17. The van der Waals surface area contributed by atoms with Crippen LogP contribution in [0.4, 0.5) is 10.1 Å². The van der Waals surface area contributed by atoms with Gasteiger partial charge in [-0.05, 0) is 43.4 Å². The Morgan fingerprint density at radius 3 is 2.70 bits per heavy atom. The summed E-state index contributed by atoms with van der Waals surface area (Å²) >= 11 is 0. The molecule has 1 saturated carbocycles. The lowest BCUT2D eigenvalue weighted by atomic mass is 10.0. The molecule has 20 heavy (non-hydrogen) atoms. The van der Waals surface area contributed by atoms with Gasteiger partial charge in [0.25, 0.3) is 5.91 Å². The SMILES string of the molecule is CCC1C(=O)NC(C2CC2)C(=O)N1c1cccc(F)c1. The Morgan fingerprint density at radius 2 is 2.10 bits per heavy atom. The predicted octanol–water partition coefficient (Wildman–Crippen LogP) is 1.85. The maximum atomic E-state index is 13.4. The summed E-state index contributed by atoms with van der Waals surface area (Å²) in [6, 6.07) is 4.86. The standard InChI is InChI=1S/C15H17FN2O2/c1-2-12-14(19)17-13(9-6-7-9)15(20)18(12)11-5-3-4-10(16)8-11/h3-5,8-9,12-13H,2,6-7H2,1H3,(H,17,19). The summed E-state index contributed by atoms with van der Waals surface area (Å²) in [7, 11) is 0. The van der Waals surface area contributed by atoms with Gasteiger partial charge in [0.2, 0.25) is 5.91 Å². The first-order valence-electron chi connectivity index (χ1n) is 7.01. The maximum absolute atomic E-state index is 13.4. The predicted molar refractivity (Wildman–Crippen MR) is 72.6 cm³/mol. The van der Waals surface area contributed by atoms with Crippen LogP contribution < -0.4 is 10.2 Å². The number of hydrogen-bond donors (Lipinski definition) is 1. The second kappa shape index (κ2) is 4.89. The largest absolute Gasteiger partial charge is 0.342 e. The first-order chi connectivity index (χ1) is 9.61. The summed E-state index contributed by atoms with van der Waals surface area (Å²) < 4.78 is 13.4. The fourth-order valence-corrected chi connectivity index (χ4v) is 2.78. The number of hydrogen-bond acceptors (Lipinski definition) is 2. The molecule has 4 nitrogen and oxygen atoms in total. The highest BCUT2D eigenvalue weighted by molar-refractivity contribution is 6.08. The minimum atomic E-state index is -0.556. The van der Waals surface area contributed by atoms with Crippen molar-refractivity contribution in [3.8, 4) is 0 Å². The van der Waals surface area contributed by atoms with Gasteiger partial charge in [0.05, 0.1) is 0 Å². The van der Waals surface area contributed by atoms with Crippen molar-refractivity contribution in [2.75, 3.05) is 4.90 Å². The number of piperazine rings is 1. The molecule has 0 radical (unpaired) electrons. The first-order valence-corrected chi connectivity index (χ1v) is 7.01. The molecular formula is C15H17FN2O2. The minimum Gasteiger partial charge on any atom is -0.342 e. The van der Waals surface area contributed by atoms with Crippen LogP contribution in [0, 0.1) is 11.7 Å². The molecule has 2 fully saturated rings. The van der Waals surface area contributed by atoms with Gasteiger partial charge >= 0.3 is 0 Å². The van der Waals surface area contributed by atoms with Crippen LogP contribution in [-0.2, 0) is 9.59 Å². The van der Waals surface area contributed by atoms with Gasteiger partial charge in [-0.2, -0.15) is 0 Å². The molecule has 0 spiro atoms. The highest BCUT2D eigenvalue weighted by Gasteiger charge is 2.46. The van der Waals surface area contributed by atoms with Gasteiger partial charge in [-0.3, -0.25) is 14.5 Å². The summed E-state index contributed by atoms with van der Waals surface area (Å²) in [5.74, 6) is -0.433. The molecule has 0 bridgehead atoms. The van der Waals surface area contributed by atoms with Crippen molar-refractivity contribution >= 4 is 17.5 Å². The number of nitrogens with one attached hydrogen (secondary N) is 1. The molecule has 1 saturated heterocycles. The summed E-state index contributed by atoms with van der Waals surface area (Å²) in [6.07, 6.45) is 2.43. The Bertz CT molecular complexity index is 557. The number of anilines is 1. The van der Waals surface area contributed by atoms with Gasteiger partial charge in [0, 0.05) is 5.69 Å². The summed E-state index contributed by atoms with van der Waals surface area (Å²) in [5.41, 5.74) is 0.461. The molecule has 2 amide bonds. The zero-order valence-electron chi connectivity index (χ0n) is 11.3. The Labute approximate surface area is 117 Å². The van der Waals surface area contributed by atoms with Gasteiger partial charge in [-0.15, -0.1) is 0 Å². The average molecular weight is 276 g/mol. The van der Waals surface area contributed by atoms with Gasteiger partial charge in [-0.25, -0.2) is 4.39 Å². The van der Waals surface area contributed by atoms with Gasteiger partial charge < -0.3 is 5.32 Å². The monoisotopic (exact) mass is 276 g/mol. The third-order valence-electron chi connectivity index (χ3n) is 3.98. The highest BCUT2D eigenvalue weighted by Crippen LogP contribution is 2.36. The number of halogens is 1. The molecule has 1 N–H and O–H groups in total. The molecule has 5 heteroatoms. The lowest BCUT2D eigenvalue weighted by Gasteiger charge is -2.38. The molecule has 2 unspecified atom stereocenters. The molecule has 2 atom stereocenters. The number of amides is 2. The number of benzene rings is 1.